The molecule has 2 fully saturated rings. The molecule has 3 aromatic rings. The van der Waals surface area contributed by atoms with Gasteiger partial charge in [0.05, 0.1) is 13.7 Å². The van der Waals surface area contributed by atoms with E-state index in [9.17, 15) is 41.0 Å². The van der Waals surface area contributed by atoms with Crippen LogP contribution in [0.5, 0.6) is 5.75 Å². The van der Waals surface area contributed by atoms with Crippen LogP contribution in [0.1, 0.15) is 43.2 Å². The lowest BCUT2D eigenvalue weighted by Gasteiger charge is -2.42. The highest BCUT2D eigenvalue weighted by molar-refractivity contribution is 6.00. The van der Waals surface area contributed by atoms with Gasteiger partial charge in [0.2, 0.25) is 5.91 Å². The molecule has 2 N–H and O–H groups in total. The van der Waals surface area contributed by atoms with Gasteiger partial charge >= 0.3 is 18.3 Å². The fraction of sp³-hybridized carbons (Fsp3) is 0.500. The standard InChI is InChI=1S/C36H41F6N3O4/c1-49-30-13-6-8-24(14-19-44-17-3-2-4-18-44)31(30)28-12-7-10-26-25(9-5-11-27(26)28)22-29(32(46)47)43-33(48)34(36(40,41)42)15-20-45(21-16-34)23-35(37,38)39/h5-13,29H,2-4,14-23H2,1H3,(H,43,48)(H,46,47)/t29-/m0/s1. The number of hydrogen-bond donors (Lipinski definition) is 2. The van der Waals surface area contributed by atoms with Gasteiger partial charge in [-0.2, -0.15) is 26.3 Å². The topological polar surface area (TPSA) is 82.1 Å². The third-order valence-corrected chi connectivity index (χ3v) is 9.88. The maximum absolute atomic E-state index is 14.4. The molecule has 1 atom stereocenters. The van der Waals surface area contributed by atoms with E-state index in [1.165, 1.54) is 19.3 Å². The molecule has 0 aromatic heterocycles. The summed E-state index contributed by atoms with van der Waals surface area (Å²) >= 11 is 0. The molecular weight excluding hydrogens is 652 g/mol. The Labute approximate surface area is 281 Å². The van der Waals surface area contributed by atoms with Gasteiger partial charge in [-0.1, -0.05) is 55.0 Å². The van der Waals surface area contributed by atoms with Gasteiger partial charge in [0.25, 0.3) is 0 Å². The second-order valence-electron chi connectivity index (χ2n) is 13.0. The highest BCUT2D eigenvalue weighted by Crippen LogP contribution is 2.47. The largest absolute Gasteiger partial charge is 0.496 e. The quantitative estimate of drug-likeness (QED) is 0.214. The SMILES string of the molecule is COc1cccc(CCN2CCCCC2)c1-c1cccc2c(C[C@H](NC(=O)C3(C(F)(F)F)CCN(CC(F)(F)F)CC3)C(=O)O)cccc12. The number of amides is 1. The van der Waals surface area contributed by atoms with Crippen LogP contribution < -0.4 is 10.1 Å². The molecule has 0 saturated carbocycles. The Morgan fingerprint density at radius 3 is 2.12 bits per heavy atom. The van der Waals surface area contributed by atoms with Crippen molar-refractivity contribution in [3.8, 4) is 16.9 Å². The van der Waals surface area contributed by atoms with Crippen molar-refractivity contribution in [2.24, 2.45) is 5.41 Å². The van der Waals surface area contributed by atoms with E-state index in [1.807, 2.05) is 30.3 Å². The zero-order valence-electron chi connectivity index (χ0n) is 27.3. The van der Waals surface area contributed by atoms with Gasteiger partial charge in [0.1, 0.15) is 17.2 Å². The van der Waals surface area contributed by atoms with Gasteiger partial charge in [-0.25, -0.2) is 4.79 Å². The summed E-state index contributed by atoms with van der Waals surface area (Å²) in [6, 6.07) is 15.0. The number of benzene rings is 3. The van der Waals surface area contributed by atoms with E-state index in [2.05, 4.69) is 16.3 Å². The maximum atomic E-state index is 14.4. The molecule has 2 aliphatic heterocycles. The fourth-order valence-electron chi connectivity index (χ4n) is 7.20. The van der Waals surface area contributed by atoms with Gasteiger partial charge < -0.3 is 20.1 Å². The molecule has 5 rings (SSSR count). The number of ether oxygens (including phenoxy) is 1. The first-order valence-electron chi connectivity index (χ1n) is 16.5. The summed E-state index contributed by atoms with van der Waals surface area (Å²) in [6.45, 7) is 0.379. The monoisotopic (exact) mass is 693 g/mol. The zero-order valence-corrected chi connectivity index (χ0v) is 27.3. The lowest BCUT2D eigenvalue weighted by atomic mass is 9.76. The minimum Gasteiger partial charge on any atom is -0.496 e. The Morgan fingerprint density at radius 2 is 1.49 bits per heavy atom. The molecule has 0 aliphatic carbocycles. The van der Waals surface area contributed by atoms with Crippen molar-refractivity contribution >= 4 is 22.6 Å². The summed E-state index contributed by atoms with van der Waals surface area (Å²) < 4.78 is 87.6. The Balaban J connectivity index is 1.42. The number of nitrogens with zero attached hydrogens (tertiary/aromatic N) is 2. The zero-order chi connectivity index (χ0) is 35.4. The van der Waals surface area contributed by atoms with Crippen LogP contribution in [0.25, 0.3) is 21.9 Å². The van der Waals surface area contributed by atoms with Crippen molar-refractivity contribution in [2.75, 3.05) is 46.4 Å². The smallest absolute Gasteiger partial charge is 0.403 e. The van der Waals surface area contributed by atoms with E-state index >= 15 is 0 Å². The number of likely N-dealkylation sites (tertiary alicyclic amines) is 2. The summed E-state index contributed by atoms with van der Waals surface area (Å²) in [4.78, 5) is 29.0. The van der Waals surface area contributed by atoms with Crippen LogP contribution in [-0.2, 0) is 22.4 Å². The minimum atomic E-state index is -5.10. The number of methoxy groups -OCH3 is 1. The Hall–Kier alpha value is -3.84. The van der Waals surface area contributed by atoms with Crippen LogP contribution >= 0.6 is 0 Å². The number of carbonyl (C=O) groups excluding carboxylic acids is 1. The average molecular weight is 694 g/mol. The van der Waals surface area contributed by atoms with Gasteiger partial charge in [-0.3, -0.25) is 9.69 Å². The van der Waals surface area contributed by atoms with E-state index in [4.69, 9.17) is 4.74 Å². The lowest BCUT2D eigenvalue weighted by Crippen LogP contribution is -2.59. The van der Waals surface area contributed by atoms with Gasteiger partial charge in [0.15, 0.2) is 0 Å². The lowest BCUT2D eigenvalue weighted by molar-refractivity contribution is -0.236. The summed E-state index contributed by atoms with van der Waals surface area (Å²) in [5.74, 6) is -2.41. The number of rotatable bonds is 11. The Bertz CT molecular complexity index is 1630. The first-order chi connectivity index (χ1) is 23.2. The molecule has 7 nitrogen and oxygen atoms in total. The number of hydrogen-bond acceptors (Lipinski definition) is 5. The van der Waals surface area contributed by atoms with Gasteiger partial charge in [-0.15, -0.1) is 0 Å². The predicted molar refractivity (Wildman–Crippen MR) is 173 cm³/mol. The number of carbonyl (C=O) groups is 2. The number of aliphatic carboxylic acids is 1. The van der Waals surface area contributed by atoms with Gasteiger partial charge in [-0.05, 0) is 91.8 Å². The number of halogens is 6. The van der Waals surface area contributed by atoms with Crippen molar-refractivity contribution in [3.05, 3.63) is 65.7 Å². The molecule has 1 amide bonds. The Kier molecular flexibility index (Phi) is 11.1. The van der Waals surface area contributed by atoms with Crippen LogP contribution in [-0.4, -0.2) is 91.6 Å². The Morgan fingerprint density at radius 1 is 0.857 bits per heavy atom. The second kappa shape index (κ2) is 15.0. The normalized spacial score (nSPS) is 18.3. The van der Waals surface area contributed by atoms with Crippen molar-refractivity contribution in [3.63, 3.8) is 0 Å². The van der Waals surface area contributed by atoms with Crippen LogP contribution in [0.3, 0.4) is 0 Å². The number of alkyl halides is 6. The van der Waals surface area contributed by atoms with Crippen LogP contribution in [0.15, 0.2) is 54.6 Å². The van der Waals surface area contributed by atoms with E-state index < -0.39 is 68.2 Å². The molecule has 2 heterocycles. The molecule has 49 heavy (non-hydrogen) atoms. The van der Waals surface area contributed by atoms with Crippen molar-refractivity contribution in [2.45, 2.75) is 63.3 Å². The third kappa shape index (κ3) is 8.31. The molecule has 3 aromatic carbocycles. The molecule has 0 unspecified atom stereocenters. The van der Waals surface area contributed by atoms with E-state index in [0.29, 0.717) is 16.7 Å². The number of piperidine rings is 2. The van der Waals surface area contributed by atoms with Crippen LogP contribution in [0.4, 0.5) is 26.3 Å². The fourth-order valence-corrected chi connectivity index (χ4v) is 7.20. The van der Waals surface area contributed by atoms with E-state index in [0.717, 1.165) is 53.0 Å². The van der Waals surface area contributed by atoms with Crippen LogP contribution in [0.2, 0.25) is 0 Å². The average Bonchev–Trinajstić information content (AvgIpc) is 3.06. The number of carboxylic acid groups (broad SMARTS) is 1. The molecular formula is C36H41F6N3O4. The molecule has 0 spiro atoms. The second-order valence-corrected chi connectivity index (χ2v) is 13.0. The first kappa shape index (κ1) is 36.4. The third-order valence-electron chi connectivity index (χ3n) is 9.88. The summed E-state index contributed by atoms with van der Waals surface area (Å²) in [7, 11) is 1.60. The highest BCUT2D eigenvalue weighted by atomic mass is 19.4. The molecule has 13 heteroatoms. The predicted octanol–water partition coefficient (Wildman–Crippen LogP) is 6.86. The number of nitrogens with one attached hydrogen (secondary N) is 1. The maximum Gasteiger partial charge on any atom is 0.403 e. The minimum absolute atomic E-state index is 0.316. The molecule has 2 saturated heterocycles. The number of carboxylic acids is 1. The first-order valence-corrected chi connectivity index (χ1v) is 16.5. The molecule has 0 bridgehead atoms. The molecule has 2 aliphatic rings. The number of fused-ring (bicyclic) bond motifs is 1. The molecule has 0 radical (unpaired) electrons. The highest BCUT2D eigenvalue weighted by Gasteiger charge is 2.61. The van der Waals surface area contributed by atoms with E-state index in [1.54, 1.807) is 25.3 Å². The summed E-state index contributed by atoms with van der Waals surface area (Å²) in [6.07, 6.45) is -7.48. The van der Waals surface area contributed by atoms with Gasteiger partial charge in [0, 0.05) is 18.5 Å². The van der Waals surface area contributed by atoms with Crippen molar-refractivity contribution in [1.82, 2.24) is 15.1 Å². The van der Waals surface area contributed by atoms with Crippen molar-refractivity contribution in [1.29, 1.82) is 0 Å². The molecule has 266 valence electrons. The summed E-state index contributed by atoms with van der Waals surface area (Å²) in [5, 5.41) is 13.6. The van der Waals surface area contributed by atoms with E-state index in [-0.39, 0.29) is 6.42 Å². The summed E-state index contributed by atoms with van der Waals surface area (Å²) in [5.41, 5.74) is 0.318. The van der Waals surface area contributed by atoms with Crippen LogP contribution in [0, 0.1) is 5.41 Å². The van der Waals surface area contributed by atoms with Crippen molar-refractivity contribution < 1.29 is 45.8 Å².